The van der Waals surface area contributed by atoms with Gasteiger partial charge in [-0.3, -0.25) is 14.5 Å². The minimum atomic E-state index is -0.439. The SMILES string of the molecule is O=C1C2C(C(=O)N1c1ccccc1)C1C(O)C13C=CC23. The molecule has 6 unspecified atom stereocenters. The summed E-state index contributed by atoms with van der Waals surface area (Å²) in [5, 5.41) is 10.1. The second-order valence-corrected chi connectivity index (χ2v) is 6.25. The highest BCUT2D eigenvalue weighted by molar-refractivity contribution is 6.23. The first kappa shape index (κ1) is 10.8. The van der Waals surface area contributed by atoms with Gasteiger partial charge in [0, 0.05) is 17.3 Å². The highest BCUT2D eigenvalue weighted by Crippen LogP contribution is 2.77. The van der Waals surface area contributed by atoms with Crippen LogP contribution in [0.15, 0.2) is 42.5 Å². The summed E-state index contributed by atoms with van der Waals surface area (Å²) < 4.78 is 0. The number of benzene rings is 1. The summed E-state index contributed by atoms with van der Waals surface area (Å²) in [5.74, 6) is -0.827. The molecule has 6 atom stereocenters. The van der Waals surface area contributed by atoms with E-state index in [-0.39, 0.29) is 40.9 Å². The average Bonchev–Trinajstić information content (AvgIpc) is 2.89. The van der Waals surface area contributed by atoms with Crippen molar-refractivity contribution in [2.45, 2.75) is 6.10 Å². The lowest BCUT2D eigenvalue weighted by atomic mass is 9.73. The number of aliphatic hydroxyl groups excluding tert-OH is 1. The lowest BCUT2D eigenvalue weighted by molar-refractivity contribution is -0.123. The Morgan fingerprint density at radius 1 is 1.05 bits per heavy atom. The number of nitrogens with zero attached hydrogens (tertiary/aromatic N) is 1. The van der Waals surface area contributed by atoms with Crippen molar-refractivity contribution in [3.63, 3.8) is 0 Å². The molecule has 1 saturated heterocycles. The van der Waals surface area contributed by atoms with Crippen LogP contribution in [0.4, 0.5) is 5.69 Å². The van der Waals surface area contributed by atoms with Gasteiger partial charge in [0.1, 0.15) is 0 Å². The highest BCUT2D eigenvalue weighted by atomic mass is 16.3. The van der Waals surface area contributed by atoms with Gasteiger partial charge >= 0.3 is 0 Å². The Kier molecular flexibility index (Phi) is 1.64. The number of rotatable bonds is 1. The lowest BCUT2D eigenvalue weighted by Crippen LogP contribution is -2.36. The fourth-order valence-electron chi connectivity index (χ4n) is 4.73. The maximum atomic E-state index is 12.7. The van der Waals surface area contributed by atoms with Crippen LogP contribution < -0.4 is 4.90 Å². The quantitative estimate of drug-likeness (QED) is 0.609. The molecule has 100 valence electrons. The van der Waals surface area contributed by atoms with Crippen LogP contribution in [0.25, 0.3) is 0 Å². The molecular weight excluding hydrogens is 254 g/mol. The van der Waals surface area contributed by atoms with Crippen LogP contribution in [0.5, 0.6) is 0 Å². The van der Waals surface area contributed by atoms with Gasteiger partial charge in [0.05, 0.1) is 23.6 Å². The minimum Gasteiger partial charge on any atom is -0.392 e. The third-order valence-electron chi connectivity index (χ3n) is 5.68. The third kappa shape index (κ3) is 0.888. The monoisotopic (exact) mass is 267 g/mol. The van der Waals surface area contributed by atoms with Crippen molar-refractivity contribution in [1.29, 1.82) is 0 Å². The second-order valence-electron chi connectivity index (χ2n) is 6.25. The zero-order valence-electron chi connectivity index (χ0n) is 10.6. The maximum Gasteiger partial charge on any atom is 0.238 e. The van der Waals surface area contributed by atoms with E-state index in [0.29, 0.717) is 5.69 Å². The normalized spacial score (nSPS) is 46.9. The highest BCUT2D eigenvalue weighted by Gasteiger charge is 2.83. The smallest absolute Gasteiger partial charge is 0.238 e. The first-order valence-electron chi connectivity index (χ1n) is 6.98. The van der Waals surface area contributed by atoms with Crippen molar-refractivity contribution in [3.8, 4) is 0 Å². The van der Waals surface area contributed by atoms with E-state index in [2.05, 4.69) is 0 Å². The van der Waals surface area contributed by atoms with Crippen LogP contribution in [0.2, 0.25) is 0 Å². The number of carbonyl (C=O) groups is 2. The van der Waals surface area contributed by atoms with Gasteiger partial charge in [-0.25, -0.2) is 0 Å². The molecule has 1 spiro atoms. The average molecular weight is 267 g/mol. The zero-order chi connectivity index (χ0) is 13.6. The van der Waals surface area contributed by atoms with Gasteiger partial charge < -0.3 is 5.11 Å². The molecule has 0 bridgehead atoms. The number of carbonyl (C=O) groups excluding carboxylic acids is 2. The molecule has 1 aliphatic heterocycles. The molecule has 3 fully saturated rings. The van der Waals surface area contributed by atoms with E-state index in [1.54, 1.807) is 12.1 Å². The van der Waals surface area contributed by atoms with E-state index >= 15 is 0 Å². The Hall–Kier alpha value is -1.94. The number of aliphatic hydroxyl groups is 1. The molecule has 2 amide bonds. The van der Waals surface area contributed by atoms with Crippen molar-refractivity contribution in [1.82, 2.24) is 0 Å². The van der Waals surface area contributed by atoms with Gasteiger partial charge in [-0.2, -0.15) is 0 Å². The summed E-state index contributed by atoms with van der Waals surface area (Å²) in [6, 6.07) is 9.07. The molecule has 2 saturated carbocycles. The first-order chi connectivity index (χ1) is 9.68. The molecule has 0 radical (unpaired) electrons. The van der Waals surface area contributed by atoms with Crippen molar-refractivity contribution in [2.24, 2.45) is 29.1 Å². The Morgan fingerprint density at radius 3 is 2.40 bits per heavy atom. The Balaban J connectivity index is 1.60. The molecule has 0 aromatic heterocycles. The van der Waals surface area contributed by atoms with E-state index in [1.165, 1.54) is 4.90 Å². The number of imide groups is 1. The number of fused-ring (bicyclic) bond motifs is 3. The molecule has 20 heavy (non-hydrogen) atoms. The number of anilines is 1. The fraction of sp³-hybridized carbons (Fsp3) is 0.375. The Bertz CT molecular complexity index is 682. The van der Waals surface area contributed by atoms with Crippen LogP contribution in [0, 0.1) is 29.1 Å². The van der Waals surface area contributed by atoms with Gasteiger partial charge in [-0.05, 0) is 12.1 Å². The van der Waals surface area contributed by atoms with E-state index in [1.807, 2.05) is 30.4 Å². The largest absolute Gasteiger partial charge is 0.392 e. The van der Waals surface area contributed by atoms with Gasteiger partial charge in [0.15, 0.2) is 0 Å². The third-order valence-corrected chi connectivity index (χ3v) is 5.68. The summed E-state index contributed by atoms with van der Waals surface area (Å²) in [6.07, 6.45) is 3.55. The molecule has 4 aliphatic rings. The number of hydrogen-bond acceptors (Lipinski definition) is 3. The summed E-state index contributed by atoms with van der Waals surface area (Å²) in [6.45, 7) is 0. The molecule has 3 aliphatic carbocycles. The predicted molar refractivity (Wildman–Crippen MR) is 70.5 cm³/mol. The van der Waals surface area contributed by atoms with E-state index in [9.17, 15) is 14.7 Å². The molecule has 4 heteroatoms. The Labute approximate surface area is 115 Å². The molecule has 4 nitrogen and oxygen atoms in total. The molecular formula is C16H13NO3. The van der Waals surface area contributed by atoms with Gasteiger partial charge in [0.25, 0.3) is 0 Å². The molecule has 5 rings (SSSR count). The fourth-order valence-corrected chi connectivity index (χ4v) is 4.73. The Morgan fingerprint density at radius 2 is 1.75 bits per heavy atom. The summed E-state index contributed by atoms with van der Waals surface area (Å²) >= 11 is 0. The number of amides is 2. The van der Waals surface area contributed by atoms with Crippen LogP contribution in [0.1, 0.15) is 0 Å². The topological polar surface area (TPSA) is 57.6 Å². The van der Waals surface area contributed by atoms with Gasteiger partial charge in [0.2, 0.25) is 11.8 Å². The molecule has 1 heterocycles. The standard InChI is InChI=1S/C16H13NO3/c18-13-12-11-10(9-6-7-16(9,12)13)14(19)17(15(11)20)8-4-2-1-3-5-8/h1-7,9-13,18H. The molecule has 1 aromatic rings. The van der Waals surface area contributed by atoms with E-state index in [4.69, 9.17) is 0 Å². The summed E-state index contributed by atoms with van der Waals surface area (Å²) in [4.78, 5) is 26.6. The van der Waals surface area contributed by atoms with Crippen molar-refractivity contribution >= 4 is 17.5 Å². The van der Waals surface area contributed by atoms with E-state index < -0.39 is 6.10 Å². The maximum absolute atomic E-state index is 12.7. The van der Waals surface area contributed by atoms with E-state index in [0.717, 1.165) is 0 Å². The lowest BCUT2D eigenvalue weighted by Gasteiger charge is -2.30. The minimum absolute atomic E-state index is 0.0485. The molecule has 1 N–H and O–H groups in total. The first-order valence-corrected chi connectivity index (χ1v) is 6.98. The number of para-hydroxylation sites is 1. The summed E-state index contributed by atoms with van der Waals surface area (Å²) in [7, 11) is 0. The van der Waals surface area contributed by atoms with Crippen LogP contribution in [-0.4, -0.2) is 23.0 Å². The number of hydrogen-bond donors (Lipinski definition) is 1. The van der Waals surface area contributed by atoms with Crippen molar-refractivity contribution in [2.75, 3.05) is 4.90 Å². The van der Waals surface area contributed by atoms with Crippen molar-refractivity contribution in [3.05, 3.63) is 42.5 Å². The second kappa shape index (κ2) is 3.04. The summed E-state index contributed by atoms with van der Waals surface area (Å²) in [5.41, 5.74) is 0.393. The van der Waals surface area contributed by atoms with Crippen LogP contribution in [-0.2, 0) is 9.59 Å². The van der Waals surface area contributed by atoms with Crippen LogP contribution >= 0.6 is 0 Å². The van der Waals surface area contributed by atoms with Crippen LogP contribution in [0.3, 0.4) is 0 Å². The number of allylic oxidation sites excluding steroid dienone is 1. The van der Waals surface area contributed by atoms with Gasteiger partial charge in [-0.1, -0.05) is 30.4 Å². The predicted octanol–water partition coefficient (Wildman–Crippen LogP) is 0.969. The van der Waals surface area contributed by atoms with Crippen molar-refractivity contribution < 1.29 is 14.7 Å². The zero-order valence-corrected chi connectivity index (χ0v) is 10.6. The molecule has 1 aromatic carbocycles. The van der Waals surface area contributed by atoms with Gasteiger partial charge in [-0.15, -0.1) is 0 Å².